The van der Waals surface area contributed by atoms with Gasteiger partial charge in [-0.2, -0.15) is 20.5 Å². The summed E-state index contributed by atoms with van der Waals surface area (Å²) >= 11 is 1.62. The maximum Gasteiger partial charge on any atom is 0.333 e. The summed E-state index contributed by atoms with van der Waals surface area (Å²) in [5, 5.41) is 4.07. The molecule has 6 nitrogen and oxygen atoms in total. The van der Waals surface area contributed by atoms with Crippen molar-refractivity contribution in [3.63, 3.8) is 0 Å². The second kappa shape index (κ2) is 6.61. The van der Waals surface area contributed by atoms with Gasteiger partial charge in [-0.25, -0.2) is 0 Å². The number of carbonyl (C=O) groups is 1. The lowest BCUT2D eigenvalue weighted by Crippen LogP contribution is -2.48. The number of benzene rings is 1. The topological polar surface area (TPSA) is 75.6 Å². The van der Waals surface area contributed by atoms with Gasteiger partial charge in [0.1, 0.15) is 11.9 Å². The van der Waals surface area contributed by atoms with Crippen molar-refractivity contribution in [2.24, 2.45) is 15.7 Å². The standard InChI is InChI=1S/C19H16N5OS/c1-13-4-2-3-5-15(13)21-19-18(14-6-9-26-12-14)22-17-11-23(10-16(20)25)7-8-24(17)19/h2-9,11-12H,10H2,1H3,(H-,20,25)/q+1/p+1. The van der Waals surface area contributed by atoms with Crippen molar-refractivity contribution >= 4 is 40.3 Å². The quantitative estimate of drug-likeness (QED) is 0.706. The van der Waals surface area contributed by atoms with E-state index in [1.807, 2.05) is 53.4 Å². The van der Waals surface area contributed by atoms with E-state index in [2.05, 4.69) is 5.38 Å². The molecule has 26 heavy (non-hydrogen) atoms. The van der Waals surface area contributed by atoms with Crippen LogP contribution in [0.3, 0.4) is 0 Å². The third-order valence-corrected chi connectivity index (χ3v) is 4.76. The lowest BCUT2D eigenvalue weighted by atomic mass is 10.2. The number of aryl methyl sites for hydroxylation is 1. The Morgan fingerprint density at radius 2 is 2.12 bits per heavy atom. The van der Waals surface area contributed by atoms with Crippen molar-refractivity contribution in [1.82, 2.24) is 0 Å². The van der Waals surface area contributed by atoms with Crippen molar-refractivity contribution in [1.29, 1.82) is 0 Å². The van der Waals surface area contributed by atoms with Gasteiger partial charge in [0.25, 0.3) is 5.91 Å². The zero-order valence-electron chi connectivity index (χ0n) is 14.2. The molecule has 0 bridgehead atoms. The highest BCUT2D eigenvalue weighted by Crippen LogP contribution is 2.22. The summed E-state index contributed by atoms with van der Waals surface area (Å²) in [6.07, 6.45) is 5.46. The third kappa shape index (κ3) is 3.04. The van der Waals surface area contributed by atoms with Crippen molar-refractivity contribution in [3.05, 3.63) is 70.8 Å². The van der Waals surface area contributed by atoms with Gasteiger partial charge in [-0.15, -0.1) is 0 Å². The number of nitrogens with two attached hydrogens (primary N) is 1. The largest absolute Gasteiger partial charge is 0.364 e. The molecule has 0 radical (unpaired) electrons. The van der Waals surface area contributed by atoms with Gasteiger partial charge in [0.2, 0.25) is 24.7 Å². The number of amides is 1. The highest BCUT2D eigenvalue weighted by atomic mass is 32.1. The van der Waals surface area contributed by atoms with E-state index < -0.39 is 5.91 Å². The minimum Gasteiger partial charge on any atom is -0.364 e. The van der Waals surface area contributed by atoms with E-state index in [1.54, 1.807) is 28.3 Å². The van der Waals surface area contributed by atoms with E-state index in [0.29, 0.717) is 5.82 Å². The molecule has 1 aliphatic heterocycles. The maximum absolute atomic E-state index is 11.2. The molecule has 2 aromatic heterocycles. The summed E-state index contributed by atoms with van der Waals surface area (Å²) in [6, 6.07) is 10.0. The van der Waals surface area contributed by atoms with Crippen LogP contribution in [0.15, 0.2) is 69.7 Å². The Morgan fingerprint density at radius 3 is 2.85 bits per heavy atom. The van der Waals surface area contributed by atoms with E-state index in [-0.39, 0.29) is 6.54 Å². The number of hydrogen-bond donors (Lipinski definition) is 1. The Kier molecular flexibility index (Phi) is 4.14. The molecule has 3 heterocycles. The number of hydrogen-bond acceptors (Lipinski definition) is 4. The van der Waals surface area contributed by atoms with Gasteiger partial charge in [-0.1, -0.05) is 28.2 Å². The first kappa shape index (κ1) is 16.3. The molecule has 3 aromatic rings. The van der Waals surface area contributed by atoms with Gasteiger partial charge in [-0.3, -0.25) is 4.79 Å². The van der Waals surface area contributed by atoms with E-state index in [4.69, 9.17) is 15.7 Å². The molecule has 7 heteroatoms. The molecule has 0 fully saturated rings. The number of carbonyl (C=O) groups excluding carboxylic acids is 1. The first-order valence-corrected chi connectivity index (χ1v) is 9.05. The van der Waals surface area contributed by atoms with Crippen LogP contribution in [0.25, 0.3) is 0 Å². The number of thiophene rings is 1. The van der Waals surface area contributed by atoms with Crippen molar-refractivity contribution in [2.45, 2.75) is 13.5 Å². The average molecular weight is 363 g/mol. The summed E-state index contributed by atoms with van der Waals surface area (Å²) < 4.78 is 3.65. The van der Waals surface area contributed by atoms with E-state index in [9.17, 15) is 4.79 Å². The number of aromatic nitrogens is 2. The Labute approximate surface area is 154 Å². The second-order valence-corrected chi connectivity index (χ2v) is 6.77. The molecule has 128 valence electrons. The summed E-state index contributed by atoms with van der Waals surface area (Å²) in [6.45, 7) is 2.15. The summed E-state index contributed by atoms with van der Waals surface area (Å²) in [4.78, 5) is 20.8. The van der Waals surface area contributed by atoms with Gasteiger partial charge >= 0.3 is 11.7 Å². The second-order valence-electron chi connectivity index (χ2n) is 5.99. The van der Waals surface area contributed by atoms with Gasteiger partial charge in [-0.05, 0) is 30.0 Å². The normalized spacial score (nSPS) is 14.3. The van der Waals surface area contributed by atoms with Crippen LogP contribution in [-0.4, -0.2) is 17.5 Å². The Hall–Kier alpha value is -3.19. The summed E-state index contributed by atoms with van der Waals surface area (Å²) in [5.41, 5.74) is 9.13. The average Bonchev–Trinajstić information content (AvgIpc) is 3.24. The smallest absolute Gasteiger partial charge is 0.333 e. The summed E-state index contributed by atoms with van der Waals surface area (Å²) in [7, 11) is 0. The van der Waals surface area contributed by atoms with Crippen LogP contribution in [0.2, 0.25) is 0 Å². The van der Waals surface area contributed by atoms with Gasteiger partial charge in [0.05, 0.1) is 0 Å². The zero-order valence-corrected chi connectivity index (χ0v) is 15.0. The van der Waals surface area contributed by atoms with E-state index >= 15 is 0 Å². The molecule has 0 saturated heterocycles. The molecule has 0 aliphatic carbocycles. The molecule has 1 amide bonds. The SMILES string of the molecule is Cc1ccccc1N=C1C(c2ccsc2)=Nc2c[n+](CC(N)=O)cc[n+]21. The molecule has 0 atom stereocenters. The van der Waals surface area contributed by atoms with Crippen LogP contribution in [0.4, 0.5) is 11.5 Å². The minimum atomic E-state index is -0.395. The fourth-order valence-corrected chi connectivity index (χ4v) is 3.44. The molecule has 1 aromatic carbocycles. The lowest BCUT2D eigenvalue weighted by Gasteiger charge is -1.99. The number of para-hydroxylation sites is 1. The molecule has 0 saturated carbocycles. The number of nitrogens with zero attached hydrogens (tertiary/aromatic N) is 4. The molecular formula is C19H17N5OS+2. The number of primary amides is 1. The molecule has 0 spiro atoms. The fraction of sp³-hybridized carbons (Fsp3) is 0.105. The van der Waals surface area contributed by atoms with Crippen LogP contribution in [0, 0.1) is 6.92 Å². The molecule has 2 N–H and O–H groups in total. The molecule has 4 rings (SSSR count). The summed E-state index contributed by atoms with van der Waals surface area (Å²) in [5.74, 6) is 1.08. The first-order valence-electron chi connectivity index (χ1n) is 8.11. The van der Waals surface area contributed by atoms with Gasteiger partial charge in [0, 0.05) is 10.9 Å². The Morgan fingerprint density at radius 1 is 1.27 bits per heavy atom. The highest BCUT2D eigenvalue weighted by Gasteiger charge is 2.35. The maximum atomic E-state index is 11.2. The number of aliphatic imine (C=N–C) groups is 2. The Balaban J connectivity index is 1.86. The third-order valence-electron chi connectivity index (χ3n) is 4.08. The highest BCUT2D eigenvalue weighted by molar-refractivity contribution is 7.08. The van der Waals surface area contributed by atoms with Gasteiger partial charge < -0.3 is 5.73 Å². The number of fused-ring (bicyclic) bond motifs is 1. The van der Waals surface area contributed by atoms with Crippen LogP contribution >= 0.6 is 11.3 Å². The van der Waals surface area contributed by atoms with Crippen molar-refractivity contribution in [3.8, 4) is 0 Å². The van der Waals surface area contributed by atoms with E-state index in [1.165, 1.54) is 0 Å². The Bertz CT molecular complexity index is 1050. The van der Waals surface area contributed by atoms with Crippen LogP contribution < -0.4 is 14.9 Å². The molecular weight excluding hydrogens is 346 g/mol. The fourth-order valence-electron chi connectivity index (χ4n) is 2.80. The van der Waals surface area contributed by atoms with Crippen LogP contribution in [0.1, 0.15) is 11.1 Å². The van der Waals surface area contributed by atoms with Crippen molar-refractivity contribution in [2.75, 3.05) is 0 Å². The van der Waals surface area contributed by atoms with Crippen LogP contribution in [0.5, 0.6) is 0 Å². The predicted octanol–water partition coefficient (Wildman–Crippen LogP) is 1.83. The van der Waals surface area contributed by atoms with E-state index in [0.717, 1.165) is 28.4 Å². The monoisotopic (exact) mass is 363 g/mol. The van der Waals surface area contributed by atoms with Crippen LogP contribution in [-0.2, 0) is 11.3 Å². The molecule has 0 unspecified atom stereocenters. The lowest BCUT2D eigenvalue weighted by molar-refractivity contribution is -0.701. The molecule has 1 aliphatic rings. The minimum absolute atomic E-state index is 0.113. The first-order chi connectivity index (χ1) is 12.6. The van der Waals surface area contributed by atoms with Gasteiger partial charge in [0.15, 0.2) is 0 Å². The predicted molar refractivity (Wildman–Crippen MR) is 100 cm³/mol. The van der Waals surface area contributed by atoms with Crippen molar-refractivity contribution < 1.29 is 13.9 Å². The number of rotatable bonds is 4. The zero-order chi connectivity index (χ0) is 18.1.